The molecule has 0 aromatic rings. The van der Waals surface area contributed by atoms with Crippen LogP contribution in [0.25, 0.3) is 0 Å². The Morgan fingerprint density at radius 3 is 1.00 bits per heavy atom. The zero-order valence-electron chi connectivity index (χ0n) is 2.42. The SMILES string of the molecule is [Ba].[Ca].[Cu].[Hg]. The van der Waals surface area contributed by atoms with Crippen LogP contribution in [0.5, 0.6) is 0 Å². The molecule has 0 spiro atoms. The maximum Gasteiger partial charge on any atom is 0 e. The van der Waals surface area contributed by atoms with Crippen LogP contribution in [0.2, 0.25) is 0 Å². The second-order valence-corrected chi connectivity index (χ2v) is 0. The number of hydrogen-bond acceptors (Lipinski definition) is 0. The van der Waals surface area contributed by atoms with Gasteiger partial charge in [-0.15, -0.1) is 0 Å². The van der Waals surface area contributed by atoms with E-state index in [1.807, 2.05) is 0 Å². The normalized spacial score (nSPS) is 0. The molecule has 17 valence electrons. The summed E-state index contributed by atoms with van der Waals surface area (Å²) >= 11 is 0. The van der Waals surface area contributed by atoms with Gasteiger partial charge in [-0.3, -0.25) is 0 Å². The van der Waals surface area contributed by atoms with Crippen LogP contribution in [0.15, 0.2) is 0 Å². The van der Waals surface area contributed by atoms with Crippen molar-refractivity contribution in [3.05, 3.63) is 0 Å². The summed E-state index contributed by atoms with van der Waals surface area (Å²) in [5.41, 5.74) is 0. The van der Waals surface area contributed by atoms with Gasteiger partial charge in [-0.25, -0.2) is 0 Å². The van der Waals surface area contributed by atoms with E-state index in [1.54, 1.807) is 0 Å². The molecule has 0 saturated heterocycles. The fourth-order valence-corrected chi connectivity index (χ4v) is 0. The summed E-state index contributed by atoms with van der Waals surface area (Å²) in [5, 5.41) is 0. The molecule has 0 unspecified atom stereocenters. The van der Waals surface area contributed by atoms with Gasteiger partial charge < -0.3 is 0 Å². The van der Waals surface area contributed by atoms with E-state index in [0.29, 0.717) is 0 Å². The van der Waals surface area contributed by atoms with Gasteiger partial charge in [-0.05, 0) is 0 Å². The molecule has 0 amide bonds. The van der Waals surface area contributed by atoms with E-state index in [0.717, 1.165) is 0 Å². The Balaban J connectivity index is 0. The molecule has 0 aliphatic rings. The van der Waals surface area contributed by atoms with E-state index in [-0.39, 0.29) is 131 Å². The predicted octanol–water partition coefficient (Wildman–Crippen LogP) is -0.767. The first-order valence-corrected chi connectivity index (χ1v) is 0. The van der Waals surface area contributed by atoms with Crippen LogP contribution >= 0.6 is 0 Å². The van der Waals surface area contributed by atoms with Gasteiger partial charge in [0.15, 0.2) is 0 Å². The van der Waals surface area contributed by atoms with Crippen LogP contribution in [0.1, 0.15) is 0 Å². The maximum absolute atomic E-state index is 0. The van der Waals surface area contributed by atoms with E-state index in [9.17, 15) is 0 Å². The first-order chi connectivity index (χ1) is 0. The Morgan fingerprint density at radius 1 is 1.00 bits per heavy atom. The molecule has 0 N–H and O–H groups in total. The Labute approximate surface area is 127 Å². The van der Waals surface area contributed by atoms with E-state index < -0.39 is 0 Å². The smallest absolute Gasteiger partial charge is 0 e. The Morgan fingerprint density at radius 2 is 1.00 bits per heavy atom. The zero-order valence-corrected chi connectivity index (χ0v) is 15.5. The fraction of sp³-hybridized carbons (Fsp3) is 0. The minimum Gasteiger partial charge on any atom is 0 e. The van der Waals surface area contributed by atoms with Crippen LogP contribution in [0.4, 0.5) is 0 Å². The molecular weight excluding hydrogens is 442 g/mol. The summed E-state index contributed by atoms with van der Waals surface area (Å²) < 4.78 is 0. The first kappa shape index (κ1) is 23.9. The van der Waals surface area contributed by atoms with Gasteiger partial charge in [0.2, 0.25) is 0 Å². The second-order valence-electron chi connectivity index (χ2n) is 0. The summed E-state index contributed by atoms with van der Waals surface area (Å²) in [4.78, 5) is 0. The molecular formula is BaCaCuHg. The Kier molecular flexibility index (Phi) is 93.8. The molecule has 0 fully saturated rings. The number of rotatable bonds is 0. The van der Waals surface area contributed by atoms with Crippen molar-refractivity contribution in [1.29, 1.82) is 0 Å². The summed E-state index contributed by atoms with van der Waals surface area (Å²) in [6.45, 7) is 0. The number of hydrogen-bond donors (Lipinski definition) is 0. The minimum atomic E-state index is 0. The van der Waals surface area contributed by atoms with Gasteiger partial charge in [0.1, 0.15) is 0 Å². The molecule has 4 heavy (non-hydrogen) atoms. The molecule has 0 heterocycles. The minimum absolute atomic E-state index is 0. The van der Waals surface area contributed by atoms with Crippen molar-refractivity contribution in [2.75, 3.05) is 0 Å². The molecule has 4 heteroatoms. The monoisotopic (exact) mass is 443 g/mol. The van der Waals surface area contributed by atoms with Gasteiger partial charge in [-0.2, -0.15) is 0 Å². The van der Waals surface area contributed by atoms with Crippen LogP contribution in [-0.4, -0.2) is 86.6 Å². The standard InChI is InChI=1S/Ba.Ca.Cu.Hg. The molecule has 0 rings (SSSR count). The van der Waals surface area contributed by atoms with Crippen molar-refractivity contribution in [2.24, 2.45) is 0 Å². The van der Waals surface area contributed by atoms with Gasteiger partial charge in [0, 0.05) is 131 Å². The van der Waals surface area contributed by atoms with Crippen LogP contribution in [-0.2, 0) is 44.7 Å². The third-order valence-electron chi connectivity index (χ3n) is 0. The van der Waals surface area contributed by atoms with Gasteiger partial charge in [0.25, 0.3) is 0 Å². The molecule has 0 aromatic carbocycles. The topological polar surface area (TPSA) is 0 Å². The largest absolute Gasteiger partial charge is 0 e. The van der Waals surface area contributed by atoms with Crippen molar-refractivity contribution in [3.63, 3.8) is 0 Å². The zero-order chi connectivity index (χ0) is 0. The molecule has 0 bridgehead atoms. The summed E-state index contributed by atoms with van der Waals surface area (Å²) in [7, 11) is 0. The van der Waals surface area contributed by atoms with Crippen molar-refractivity contribution in [2.45, 2.75) is 0 Å². The summed E-state index contributed by atoms with van der Waals surface area (Å²) in [5.74, 6) is 0. The molecule has 0 aromatic heterocycles. The summed E-state index contributed by atoms with van der Waals surface area (Å²) in [6.07, 6.45) is 0. The predicted molar refractivity (Wildman–Crippen MR) is 11.5 cm³/mol. The van der Waals surface area contributed by atoms with Crippen molar-refractivity contribution in [3.8, 4) is 0 Å². The molecule has 0 saturated carbocycles. The van der Waals surface area contributed by atoms with Crippen molar-refractivity contribution in [1.82, 2.24) is 0 Å². The molecule has 0 nitrogen and oxygen atoms in total. The average Bonchev–Trinajstić information content (AvgIpc) is 0. The second kappa shape index (κ2) is 15.7. The van der Waals surface area contributed by atoms with Crippen LogP contribution < -0.4 is 0 Å². The maximum atomic E-state index is 0. The quantitative estimate of drug-likeness (QED) is 0.434. The van der Waals surface area contributed by atoms with Crippen molar-refractivity contribution >= 4 is 86.6 Å². The Bertz CT molecular complexity index is 8.00. The first-order valence-electron chi connectivity index (χ1n) is 0. The Hall–Kier alpha value is 4.29. The molecule has 0 aliphatic carbocycles. The third kappa shape index (κ3) is 9.56. The third-order valence-corrected chi connectivity index (χ3v) is 0. The summed E-state index contributed by atoms with van der Waals surface area (Å²) in [6, 6.07) is 0. The van der Waals surface area contributed by atoms with Crippen LogP contribution in [0.3, 0.4) is 0 Å². The van der Waals surface area contributed by atoms with Gasteiger partial charge in [0.05, 0.1) is 0 Å². The van der Waals surface area contributed by atoms with Gasteiger partial charge >= 0.3 is 0 Å². The van der Waals surface area contributed by atoms with E-state index in [4.69, 9.17) is 0 Å². The fourth-order valence-electron chi connectivity index (χ4n) is 0. The van der Waals surface area contributed by atoms with Crippen LogP contribution in [0, 0.1) is 0 Å². The molecule has 0 aliphatic heterocycles. The molecule has 5 radical (unpaired) electrons. The van der Waals surface area contributed by atoms with E-state index >= 15 is 0 Å². The van der Waals surface area contributed by atoms with E-state index in [2.05, 4.69) is 0 Å². The van der Waals surface area contributed by atoms with Gasteiger partial charge in [-0.1, -0.05) is 0 Å². The van der Waals surface area contributed by atoms with E-state index in [1.165, 1.54) is 0 Å². The molecule has 0 atom stereocenters. The van der Waals surface area contributed by atoms with Crippen molar-refractivity contribution < 1.29 is 44.7 Å². The average molecular weight is 442 g/mol.